The summed E-state index contributed by atoms with van der Waals surface area (Å²) in [6.45, 7) is 5.69. The van der Waals surface area contributed by atoms with Crippen molar-refractivity contribution in [3.8, 4) is 0 Å². The van der Waals surface area contributed by atoms with E-state index in [0.717, 1.165) is 32.1 Å². The Morgan fingerprint density at radius 2 is 2.00 bits per heavy atom. The van der Waals surface area contributed by atoms with Crippen molar-refractivity contribution in [3.63, 3.8) is 0 Å². The lowest BCUT2D eigenvalue weighted by molar-refractivity contribution is -0.133. The fraction of sp³-hybridized carbons (Fsp3) is 0.714. The highest BCUT2D eigenvalue weighted by atomic mass is 16.2. The number of nitrogens with zero attached hydrogens (tertiary/aromatic N) is 4. The van der Waals surface area contributed by atoms with Crippen LogP contribution in [0.2, 0.25) is 0 Å². The molecule has 0 spiro atoms. The number of hydrogen-bond acceptors (Lipinski definition) is 5. The molecule has 0 aromatic carbocycles. The highest BCUT2D eigenvalue weighted by Crippen LogP contribution is 2.29. The van der Waals surface area contributed by atoms with E-state index in [9.17, 15) is 14.4 Å². The maximum Gasteiger partial charge on any atom is 0.273 e. The van der Waals surface area contributed by atoms with E-state index in [4.69, 9.17) is 0 Å². The van der Waals surface area contributed by atoms with Gasteiger partial charge in [-0.05, 0) is 40.3 Å². The average molecular weight is 419 g/mol. The predicted molar refractivity (Wildman–Crippen MR) is 113 cm³/mol. The molecule has 2 N–H and O–H groups in total. The first-order valence-electron chi connectivity index (χ1n) is 10.9. The van der Waals surface area contributed by atoms with Crippen molar-refractivity contribution in [2.24, 2.45) is 0 Å². The molecule has 1 fully saturated rings. The van der Waals surface area contributed by atoms with Gasteiger partial charge in [0.25, 0.3) is 11.8 Å². The molecular weight excluding hydrogens is 384 g/mol. The summed E-state index contributed by atoms with van der Waals surface area (Å²) in [6.07, 6.45) is 4.94. The van der Waals surface area contributed by atoms with Crippen molar-refractivity contribution < 1.29 is 14.4 Å². The van der Waals surface area contributed by atoms with E-state index < -0.39 is 5.54 Å². The van der Waals surface area contributed by atoms with Gasteiger partial charge in [0.05, 0.1) is 6.54 Å². The normalized spacial score (nSPS) is 21.8. The summed E-state index contributed by atoms with van der Waals surface area (Å²) in [5.74, 6) is -0.716. The number of hydrogen-bond donors (Lipinski definition) is 2. The van der Waals surface area contributed by atoms with Crippen LogP contribution >= 0.6 is 0 Å². The molecule has 3 amide bonds. The van der Waals surface area contributed by atoms with Crippen molar-refractivity contribution in [2.75, 3.05) is 33.7 Å². The summed E-state index contributed by atoms with van der Waals surface area (Å²) in [5, 5.41) is 10.3. The van der Waals surface area contributed by atoms with Crippen LogP contribution in [0.15, 0.2) is 6.07 Å². The fourth-order valence-corrected chi connectivity index (χ4v) is 4.22. The van der Waals surface area contributed by atoms with Gasteiger partial charge in [-0.2, -0.15) is 5.10 Å². The first kappa shape index (κ1) is 22.3. The minimum atomic E-state index is -1.03. The van der Waals surface area contributed by atoms with Gasteiger partial charge in [0.15, 0.2) is 5.69 Å². The van der Waals surface area contributed by atoms with Crippen LogP contribution in [0.1, 0.15) is 66.9 Å². The fourth-order valence-electron chi connectivity index (χ4n) is 4.22. The van der Waals surface area contributed by atoms with E-state index in [-0.39, 0.29) is 36.0 Å². The maximum absolute atomic E-state index is 13.2. The average Bonchev–Trinajstić information content (AvgIpc) is 3.34. The van der Waals surface area contributed by atoms with E-state index in [0.29, 0.717) is 25.3 Å². The summed E-state index contributed by atoms with van der Waals surface area (Å²) in [6, 6.07) is 1.70. The predicted octanol–water partition coefficient (Wildman–Crippen LogP) is 0.858. The number of fused-ring (bicyclic) bond motifs is 1. The molecule has 1 aliphatic heterocycles. The summed E-state index contributed by atoms with van der Waals surface area (Å²) < 4.78 is 1.52. The SMILES string of the molecule is CCCN1C(=O)c2cc(C(=O)NCCN(C)C)nn2CC1(C)C(=O)NC1CCCC1. The van der Waals surface area contributed by atoms with Crippen molar-refractivity contribution in [3.05, 3.63) is 17.5 Å². The van der Waals surface area contributed by atoms with Gasteiger partial charge in [-0.15, -0.1) is 0 Å². The van der Waals surface area contributed by atoms with Crippen molar-refractivity contribution in [2.45, 2.75) is 64.1 Å². The van der Waals surface area contributed by atoms with Crippen LogP contribution < -0.4 is 10.6 Å². The first-order valence-corrected chi connectivity index (χ1v) is 10.9. The zero-order chi connectivity index (χ0) is 21.9. The molecule has 1 saturated carbocycles. The molecule has 9 heteroatoms. The molecule has 0 bridgehead atoms. The van der Waals surface area contributed by atoms with Gasteiger partial charge in [0, 0.05) is 31.7 Å². The number of aromatic nitrogens is 2. The Labute approximate surface area is 178 Å². The number of nitrogens with one attached hydrogen (secondary N) is 2. The lowest BCUT2D eigenvalue weighted by Crippen LogP contribution is -2.65. The van der Waals surface area contributed by atoms with Gasteiger partial charge in [-0.3, -0.25) is 19.1 Å². The third-order valence-corrected chi connectivity index (χ3v) is 6.00. The number of likely N-dealkylation sites (N-methyl/N-ethyl adjacent to an activating group) is 1. The van der Waals surface area contributed by atoms with Crippen molar-refractivity contribution in [1.82, 2.24) is 30.2 Å². The van der Waals surface area contributed by atoms with E-state index in [2.05, 4.69) is 15.7 Å². The van der Waals surface area contributed by atoms with Gasteiger partial charge >= 0.3 is 0 Å². The van der Waals surface area contributed by atoms with Gasteiger partial charge in [0.1, 0.15) is 11.2 Å². The van der Waals surface area contributed by atoms with Crippen LogP contribution in [-0.4, -0.2) is 82.6 Å². The van der Waals surface area contributed by atoms with Crippen LogP contribution in [0.4, 0.5) is 0 Å². The number of carbonyl (C=O) groups is 3. The molecule has 9 nitrogen and oxygen atoms in total. The van der Waals surface area contributed by atoms with E-state index >= 15 is 0 Å². The van der Waals surface area contributed by atoms with Crippen molar-refractivity contribution >= 4 is 17.7 Å². The minimum absolute atomic E-state index is 0.144. The van der Waals surface area contributed by atoms with Gasteiger partial charge in [0.2, 0.25) is 5.91 Å². The lowest BCUT2D eigenvalue weighted by Gasteiger charge is -2.43. The summed E-state index contributed by atoms with van der Waals surface area (Å²) in [5.41, 5.74) is -0.478. The third kappa shape index (κ3) is 4.50. The standard InChI is InChI=1S/C21H34N6O3/c1-5-11-26-19(29)17-13-16(18(28)22-10-12-25(3)4)24-27(17)14-21(26,2)20(30)23-15-8-6-7-9-15/h13,15H,5-12,14H2,1-4H3,(H,22,28)(H,23,30). The molecule has 2 aliphatic rings. The highest BCUT2D eigenvalue weighted by Gasteiger charge is 2.48. The smallest absolute Gasteiger partial charge is 0.273 e. The van der Waals surface area contributed by atoms with E-state index in [1.807, 2.05) is 25.9 Å². The minimum Gasteiger partial charge on any atom is -0.351 e. The monoisotopic (exact) mass is 418 g/mol. The molecule has 1 aromatic heterocycles. The molecular formula is C21H34N6O3. The first-order chi connectivity index (χ1) is 14.3. The van der Waals surface area contributed by atoms with E-state index in [1.54, 1.807) is 11.8 Å². The quantitative estimate of drug-likeness (QED) is 0.652. The maximum atomic E-state index is 13.2. The number of amides is 3. The van der Waals surface area contributed by atoms with Gasteiger partial charge in [-0.25, -0.2) is 0 Å². The largest absolute Gasteiger partial charge is 0.351 e. The molecule has 0 saturated heterocycles. The van der Waals surface area contributed by atoms with E-state index in [1.165, 1.54) is 10.7 Å². The molecule has 166 valence electrons. The second kappa shape index (κ2) is 9.16. The molecule has 1 unspecified atom stereocenters. The summed E-state index contributed by atoms with van der Waals surface area (Å²) in [7, 11) is 3.86. The number of rotatable bonds is 8. The van der Waals surface area contributed by atoms with Gasteiger partial charge < -0.3 is 20.4 Å². The topological polar surface area (TPSA) is 99.6 Å². The lowest BCUT2D eigenvalue weighted by atomic mass is 9.94. The second-order valence-electron chi connectivity index (χ2n) is 8.82. The molecule has 1 atom stereocenters. The number of carbonyl (C=O) groups excluding carboxylic acids is 3. The molecule has 1 aromatic rings. The Hall–Kier alpha value is -2.42. The Morgan fingerprint density at radius 1 is 1.30 bits per heavy atom. The van der Waals surface area contributed by atoms with Crippen LogP contribution in [0.5, 0.6) is 0 Å². The molecule has 2 heterocycles. The van der Waals surface area contributed by atoms with Crippen LogP contribution in [-0.2, 0) is 11.3 Å². The van der Waals surface area contributed by atoms with Crippen molar-refractivity contribution in [1.29, 1.82) is 0 Å². The zero-order valence-electron chi connectivity index (χ0n) is 18.5. The van der Waals surface area contributed by atoms with Crippen LogP contribution in [0, 0.1) is 0 Å². The molecule has 30 heavy (non-hydrogen) atoms. The highest BCUT2D eigenvalue weighted by molar-refractivity contribution is 6.01. The van der Waals surface area contributed by atoms with Gasteiger partial charge in [-0.1, -0.05) is 19.8 Å². The Bertz CT molecular complexity index is 799. The van der Waals surface area contributed by atoms with Crippen LogP contribution in [0.25, 0.3) is 0 Å². The molecule has 3 rings (SSSR count). The van der Waals surface area contributed by atoms with Crippen LogP contribution in [0.3, 0.4) is 0 Å². The molecule has 1 aliphatic carbocycles. The summed E-state index contributed by atoms with van der Waals surface area (Å²) in [4.78, 5) is 42.6. The molecule has 0 radical (unpaired) electrons. The zero-order valence-corrected chi connectivity index (χ0v) is 18.5. The Kier molecular flexibility index (Phi) is 6.80. The summed E-state index contributed by atoms with van der Waals surface area (Å²) >= 11 is 0. The third-order valence-electron chi connectivity index (χ3n) is 6.00. The Balaban J connectivity index is 1.81. The second-order valence-corrected chi connectivity index (χ2v) is 8.82. The Morgan fingerprint density at radius 3 is 2.63 bits per heavy atom.